The highest BCUT2D eigenvalue weighted by Crippen LogP contribution is 2.66. The number of phenolic OH excluding ortho intramolecular Hbond substituents is 1. The first-order valence-corrected chi connectivity index (χ1v) is 20.0. The van der Waals surface area contributed by atoms with Gasteiger partial charge in [-0.1, -0.05) is 98.5 Å². The van der Waals surface area contributed by atoms with Crippen LogP contribution in [0.1, 0.15) is 65.4 Å². The second-order valence-electron chi connectivity index (χ2n) is 15.7. The van der Waals surface area contributed by atoms with Gasteiger partial charge in [0.25, 0.3) is 0 Å². The lowest BCUT2D eigenvalue weighted by atomic mass is 9.65. The number of carbonyl (C=O) groups is 5. The number of carbonyl (C=O) groups excluding carboxylic acids is 4. The molecule has 8 rings (SSSR count). The Kier molecular flexibility index (Phi) is 11.0. The Balaban J connectivity index is 1.42. The van der Waals surface area contributed by atoms with Crippen LogP contribution in [-0.2, 0) is 34.1 Å². The summed E-state index contributed by atoms with van der Waals surface area (Å²) in [5.74, 6) is 0.402. The monoisotopic (exact) mass is 833 g/mol. The zero-order valence-corrected chi connectivity index (χ0v) is 34.2. The number of hydrogen-bond acceptors (Lipinski definition) is 10. The number of esters is 2. The summed E-state index contributed by atoms with van der Waals surface area (Å²) in [5.41, 5.74) is 0.627. The Morgan fingerprint density at radius 1 is 0.774 bits per heavy atom. The molecule has 13 heteroatoms. The second kappa shape index (κ2) is 16.6. The van der Waals surface area contributed by atoms with Gasteiger partial charge in [-0.15, -0.1) is 0 Å². The number of urea groups is 1. The minimum Gasteiger partial charge on any atom is -0.508 e. The van der Waals surface area contributed by atoms with Crippen LogP contribution in [0.5, 0.6) is 11.5 Å². The predicted octanol–water partition coefficient (Wildman–Crippen LogP) is 6.46. The lowest BCUT2D eigenvalue weighted by Crippen LogP contribution is -2.56. The fourth-order valence-corrected chi connectivity index (χ4v) is 9.26. The van der Waals surface area contributed by atoms with E-state index in [-0.39, 0.29) is 17.0 Å². The van der Waals surface area contributed by atoms with Crippen molar-refractivity contribution in [1.82, 2.24) is 10.2 Å². The summed E-state index contributed by atoms with van der Waals surface area (Å²) in [5, 5.41) is 24.8. The number of imide groups is 1. The Bertz CT molecular complexity index is 2610. The smallest absolute Gasteiger partial charge is 0.329 e. The van der Waals surface area contributed by atoms with Crippen LogP contribution in [0.25, 0.3) is 0 Å². The molecule has 7 atom stereocenters. The van der Waals surface area contributed by atoms with Crippen molar-refractivity contribution in [3.05, 3.63) is 161 Å². The van der Waals surface area contributed by atoms with Crippen molar-refractivity contribution >= 4 is 35.5 Å². The molecular weight excluding hydrogens is 791 g/mol. The van der Waals surface area contributed by atoms with Gasteiger partial charge in [0.1, 0.15) is 41.0 Å². The minimum absolute atomic E-state index is 0.0361. The number of phenols is 1. The van der Waals surface area contributed by atoms with Crippen molar-refractivity contribution in [1.29, 1.82) is 0 Å². The first-order valence-electron chi connectivity index (χ1n) is 20.0. The number of aromatic hydroxyl groups is 1. The summed E-state index contributed by atoms with van der Waals surface area (Å²) in [4.78, 5) is 75.2. The third-order valence-electron chi connectivity index (χ3n) is 12.0. The number of morpholine rings is 1. The molecule has 1 spiro atoms. The number of fused-ring (bicyclic) bond motifs is 3. The van der Waals surface area contributed by atoms with Crippen LogP contribution in [0.2, 0.25) is 0 Å². The molecule has 5 aromatic rings. The van der Waals surface area contributed by atoms with Gasteiger partial charge in [0.05, 0.1) is 32.0 Å². The van der Waals surface area contributed by atoms with Crippen molar-refractivity contribution in [3.8, 4) is 23.3 Å². The van der Waals surface area contributed by atoms with Crippen molar-refractivity contribution < 1.29 is 48.4 Å². The fraction of sp³-hybridized carbons (Fsp3) is 0.245. The molecule has 7 unspecified atom stereocenters. The van der Waals surface area contributed by atoms with E-state index in [2.05, 4.69) is 17.2 Å². The second-order valence-corrected chi connectivity index (χ2v) is 15.7. The summed E-state index contributed by atoms with van der Waals surface area (Å²) in [6.07, 6.45) is -0.976. The number of anilines is 1. The van der Waals surface area contributed by atoms with Crippen LogP contribution >= 0.6 is 0 Å². The molecule has 0 saturated carbocycles. The molecule has 0 aromatic heterocycles. The Morgan fingerprint density at radius 2 is 1.39 bits per heavy atom. The number of cyclic esters (lactones) is 1. The largest absolute Gasteiger partial charge is 0.508 e. The molecule has 2 saturated heterocycles. The highest BCUT2D eigenvalue weighted by atomic mass is 16.6. The van der Waals surface area contributed by atoms with Gasteiger partial charge in [-0.05, 0) is 82.8 Å². The average Bonchev–Trinajstić information content (AvgIpc) is 3.74. The Labute approximate surface area is 357 Å². The zero-order valence-electron chi connectivity index (χ0n) is 34.2. The van der Waals surface area contributed by atoms with E-state index in [0.717, 1.165) is 4.90 Å². The molecule has 314 valence electrons. The van der Waals surface area contributed by atoms with E-state index in [9.17, 15) is 29.4 Å². The van der Waals surface area contributed by atoms with Crippen LogP contribution < -0.4 is 15.0 Å². The molecular formula is C49H43N3O10. The van der Waals surface area contributed by atoms with E-state index < -0.39 is 77.4 Å². The zero-order chi connectivity index (χ0) is 43.9. The summed E-state index contributed by atoms with van der Waals surface area (Å²) in [6.45, 7) is 3.40. The van der Waals surface area contributed by atoms with E-state index in [1.165, 1.54) is 25.3 Å². The number of ether oxygens (including phenoxy) is 3. The van der Waals surface area contributed by atoms with Crippen molar-refractivity contribution in [2.75, 3.05) is 19.1 Å². The molecule has 13 nitrogen and oxygen atoms in total. The molecule has 0 radical (unpaired) electrons. The maximum absolute atomic E-state index is 16.0. The number of carboxylic acid groups (broad SMARTS) is 1. The third-order valence-corrected chi connectivity index (χ3v) is 12.0. The molecule has 3 amide bonds. The highest BCUT2D eigenvalue weighted by Gasteiger charge is 2.76. The summed E-state index contributed by atoms with van der Waals surface area (Å²) in [7, 11) is 2.74. The molecule has 62 heavy (non-hydrogen) atoms. The number of hydrogen-bond donors (Lipinski definition) is 3. The van der Waals surface area contributed by atoms with Crippen LogP contribution in [-0.4, -0.2) is 71.3 Å². The summed E-state index contributed by atoms with van der Waals surface area (Å²) in [6, 6.07) is 30.1. The van der Waals surface area contributed by atoms with E-state index in [0.29, 0.717) is 33.6 Å². The Morgan fingerprint density at radius 3 is 1.98 bits per heavy atom. The lowest BCUT2D eigenvalue weighted by molar-refractivity contribution is -0.179. The maximum atomic E-state index is 16.0. The molecule has 3 aliphatic rings. The molecule has 2 fully saturated rings. The maximum Gasteiger partial charge on any atom is 0.329 e. The molecule has 3 heterocycles. The number of aliphatic carboxylic acids is 1. The first-order chi connectivity index (χ1) is 29.9. The van der Waals surface area contributed by atoms with Crippen molar-refractivity contribution in [3.63, 3.8) is 0 Å². The number of amides is 3. The van der Waals surface area contributed by atoms with Gasteiger partial charge in [-0.2, -0.15) is 0 Å². The lowest BCUT2D eigenvalue weighted by Gasteiger charge is -2.46. The van der Waals surface area contributed by atoms with E-state index in [1.54, 1.807) is 86.5 Å². The normalized spacial score (nSPS) is 23.1. The predicted molar refractivity (Wildman–Crippen MR) is 226 cm³/mol. The molecule has 0 aliphatic carbocycles. The summed E-state index contributed by atoms with van der Waals surface area (Å²) < 4.78 is 16.6. The van der Waals surface area contributed by atoms with E-state index in [4.69, 9.17) is 14.2 Å². The average molecular weight is 834 g/mol. The van der Waals surface area contributed by atoms with Crippen molar-refractivity contribution in [2.45, 2.75) is 49.5 Å². The SMILES string of the molecule is COC(=O)C(NC(=O)N1C(=O)C2(c3cc(C#Cc4ccc(OC)cc4)ccc31)C(C(=O)O)C1C(=O)OC(c3ccccc3)C(c3ccccc3)N1C2c1ccc(O)cc1)C(C)C. The highest BCUT2D eigenvalue weighted by molar-refractivity contribution is 6.24. The standard InChI is InChI=1S/C49H43N3O10/c1-28(2)39(45(56)61-4)50-48(59)51-37-26-19-30(16-15-29-17-24-35(60-3)25-18-29)27-36(37)49(47(51)58)38(44(54)55)41-46(57)62-42(32-13-9-6-10-14-32)40(31-11-7-5-8-12-31)52(41)43(49)33-20-22-34(53)23-21-33/h5-14,17-28,38-43,53H,1-4H3,(H,50,59)(H,54,55). The van der Waals surface area contributed by atoms with E-state index in [1.807, 2.05) is 48.5 Å². The minimum atomic E-state index is -2.23. The van der Waals surface area contributed by atoms with Gasteiger partial charge in [0.2, 0.25) is 5.91 Å². The van der Waals surface area contributed by atoms with E-state index >= 15 is 4.79 Å². The van der Waals surface area contributed by atoms with Gasteiger partial charge in [0.15, 0.2) is 0 Å². The van der Waals surface area contributed by atoms with Gasteiger partial charge >= 0.3 is 23.9 Å². The van der Waals surface area contributed by atoms with Crippen LogP contribution in [0.4, 0.5) is 10.5 Å². The van der Waals surface area contributed by atoms with Gasteiger partial charge in [0, 0.05) is 11.1 Å². The number of methoxy groups -OCH3 is 2. The Hall–Kier alpha value is -7.43. The molecule has 3 N–H and O–H groups in total. The third kappa shape index (κ3) is 6.88. The fourth-order valence-electron chi connectivity index (χ4n) is 9.26. The number of rotatable bonds is 8. The van der Waals surface area contributed by atoms with Crippen molar-refractivity contribution in [2.24, 2.45) is 11.8 Å². The topological polar surface area (TPSA) is 172 Å². The number of carboxylic acids is 1. The number of nitrogens with zero attached hydrogens (tertiary/aromatic N) is 2. The molecule has 0 bridgehead atoms. The van der Waals surface area contributed by atoms with Gasteiger partial charge in [-0.3, -0.25) is 19.3 Å². The van der Waals surface area contributed by atoms with Crippen LogP contribution in [0.3, 0.4) is 0 Å². The van der Waals surface area contributed by atoms with Gasteiger partial charge in [-0.25, -0.2) is 14.5 Å². The number of nitrogens with one attached hydrogen (secondary N) is 1. The molecule has 3 aliphatic heterocycles. The molecule has 5 aromatic carbocycles. The number of benzene rings is 5. The summed E-state index contributed by atoms with van der Waals surface area (Å²) >= 11 is 0. The first kappa shape index (κ1) is 41.3. The quantitative estimate of drug-likeness (QED) is 0.116. The van der Waals surface area contributed by atoms with Crippen LogP contribution in [0, 0.1) is 23.7 Å². The van der Waals surface area contributed by atoms with Crippen LogP contribution in [0.15, 0.2) is 127 Å². The van der Waals surface area contributed by atoms with Gasteiger partial charge < -0.3 is 29.7 Å².